The average molecular weight is 208 g/mol. The first-order chi connectivity index (χ1) is 7.19. The molecule has 15 heavy (non-hydrogen) atoms. The van der Waals surface area contributed by atoms with Crippen LogP contribution in [0.1, 0.15) is 38.5 Å². The molecule has 3 saturated carbocycles. The highest BCUT2D eigenvalue weighted by atomic mass is 16.2. The number of rotatable bonds is 5. The summed E-state index contributed by atoms with van der Waals surface area (Å²) in [4.78, 5) is 11.7. The van der Waals surface area contributed by atoms with E-state index in [-0.39, 0.29) is 5.91 Å². The van der Waals surface area contributed by atoms with Gasteiger partial charge in [0.25, 0.3) is 0 Å². The summed E-state index contributed by atoms with van der Waals surface area (Å²) in [5.74, 6) is 2.67. The van der Waals surface area contributed by atoms with Crippen LogP contribution in [0.2, 0.25) is 0 Å². The van der Waals surface area contributed by atoms with Crippen LogP contribution in [0.3, 0.4) is 0 Å². The first kappa shape index (κ1) is 9.64. The zero-order valence-electron chi connectivity index (χ0n) is 9.17. The molecular formula is C12H20N2O. The van der Waals surface area contributed by atoms with Crippen molar-refractivity contribution in [2.24, 2.45) is 23.5 Å². The molecule has 1 amide bonds. The van der Waals surface area contributed by atoms with E-state index in [4.69, 9.17) is 5.73 Å². The monoisotopic (exact) mass is 208 g/mol. The van der Waals surface area contributed by atoms with Gasteiger partial charge >= 0.3 is 0 Å². The van der Waals surface area contributed by atoms with Gasteiger partial charge in [0.1, 0.15) is 0 Å². The van der Waals surface area contributed by atoms with E-state index < -0.39 is 5.54 Å². The lowest BCUT2D eigenvalue weighted by molar-refractivity contribution is -0.123. The van der Waals surface area contributed by atoms with Crippen molar-refractivity contribution in [2.75, 3.05) is 6.54 Å². The number of carbonyl (C=O) groups excluding carboxylic acids is 1. The van der Waals surface area contributed by atoms with E-state index in [0.29, 0.717) is 0 Å². The molecule has 0 bridgehead atoms. The lowest BCUT2D eigenvalue weighted by atomic mass is 9.98. The minimum atomic E-state index is -0.488. The topological polar surface area (TPSA) is 55.1 Å². The molecule has 84 valence electrons. The van der Waals surface area contributed by atoms with Gasteiger partial charge in [0.15, 0.2) is 0 Å². The van der Waals surface area contributed by atoms with Crippen molar-refractivity contribution >= 4 is 5.91 Å². The smallest absolute Gasteiger partial charge is 0.240 e. The summed E-state index contributed by atoms with van der Waals surface area (Å²) in [7, 11) is 0. The summed E-state index contributed by atoms with van der Waals surface area (Å²) >= 11 is 0. The van der Waals surface area contributed by atoms with E-state index in [1.807, 2.05) is 0 Å². The van der Waals surface area contributed by atoms with Gasteiger partial charge in [0, 0.05) is 6.54 Å². The average Bonchev–Trinajstić information content (AvgIpc) is 3.05. The Morgan fingerprint density at radius 1 is 1.27 bits per heavy atom. The summed E-state index contributed by atoms with van der Waals surface area (Å²) in [6.45, 7) is 0.882. The van der Waals surface area contributed by atoms with Crippen LogP contribution >= 0.6 is 0 Å². The van der Waals surface area contributed by atoms with Crippen LogP contribution in [0, 0.1) is 17.8 Å². The third-order valence-electron chi connectivity index (χ3n) is 4.19. The molecule has 3 nitrogen and oxygen atoms in total. The molecule has 3 aliphatic carbocycles. The van der Waals surface area contributed by atoms with Crippen LogP contribution in [-0.2, 0) is 4.79 Å². The maximum atomic E-state index is 11.7. The van der Waals surface area contributed by atoms with Crippen molar-refractivity contribution in [2.45, 2.75) is 44.1 Å². The lowest BCUT2D eigenvalue weighted by Gasteiger charge is -2.17. The van der Waals surface area contributed by atoms with Gasteiger partial charge in [-0.15, -0.1) is 0 Å². The third kappa shape index (κ3) is 2.03. The second-order valence-electron chi connectivity index (χ2n) is 5.70. The predicted molar refractivity (Wildman–Crippen MR) is 58.1 cm³/mol. The van der Waals surface area contributed by atoms with Crippen molar-refractivity contribution in [1.82, 2.24) is 5.32 Å². The molecule has 0 aromatic carbocycles. The molecule has 3 heteroatoms. The molecule has 0 aliphatic heterocycles. The number of nitrogens with one attached hydrogen (secondary N) is 1. The van der Waals surface area contributed by atoms with E-state index in [9.17, 15) is 4.79 Å². The SMILES string of the molecule is NC1(C(=O)NCC(C2CC2)C2CC2)CC1. The number of carbonyl (C=O) groups is 1. The van der Waals surface area contributed by atoms with Gasteiger partial charge in [-0.1, -0.05) is 0 Å². The van der Waals surface area contributed by atoms with E-state index in [1.165, 1.54) is 25.7 Å². The zero-order chi connectivity index (χ0) is 10.5. The Morgan fingerprint density at radius 3 is 2.20 bits per heavy atom. The lowest BCUT2D eigenvalue weighted by Crippen LogP contribution is -2.44. The largest absolute Gasteiger partial charge is 0.354 e. The molecule has 0 aromatic heterocycles. The van der Waals surface area contributed by atoms with Crippen LogP contribution in [0.4, 0.5) is 0 Å². The van der Waals surface area contributed by atoms with Crippen molar-refractivity contribution in [3.63, 3.8) is 0 Å². The standard InChI is InChI=1S/C12H20N2O/c13-12(5-6-12)11(15)14-7-10(8-1-2-8)9-3-4-9/h8-10H,1-7,13H2,(H,14,15). The highest BCUT2D eigenvalue weighted by molar-refractivity contribution is 5.88. The van der Waals surface area contributed by atoms with Gasteiger partial charge in [-0.25, -0.2) is 0 Å². The Morgan fingerprint density at radius 2 is 1.80 bits per heavy atom. The van der Waals surface area contributed by atoms with Gasteiger partial charge in [-0.3, -0.25) is 4.79 Å². The Hall–Kier alpha value is -0.570. The normalized spacial score (nSPS) is 27.9. The highest BCUT2D eigenvalue weighted by Gasteiger charge is 2.47. The molecule has 3 aliphatic rings. The molecule has 0 aromatic rings. The molecule has 0 unspecified atom stereocenters. The van der Waals surface area contributed by atoms with Crippen molar-refractivity contribution < 1.29 is 4.79 Å². The van der Waals surface area contributed by atoms with Crippen molar-refractivity contribution in [1.29, 1.82) is 0 Å². The Labute approximate surface area is 90.8 Å². The molecule has 0 atom stereocenters. The first-order valence-electron chi connectivity index (χ1n) is 6.26. The summed E-state index contributed by atoms with van der Waals surface area (Å²) < 4.78 is 0. The van der Waals surface area contributed by atoms with Crippen LogP contribution in [-0.4, -0.2) is 18.0 Å². The minimum absolute atomic E-state index is 0.0915. The second kappa shape index (κ2) is 3.21. The fourth-order valence-corrected chi connectivity index (χ4v) is 2.52. The van der Waals surface area contributed by atoms with Crippen LogP contribution in [0.15, 0.2) is 0 Å². The highest BCUT2D eigenvalue weighted by Crippen LogP contribution is 2.48. The van der Waals surface area contributed by atoms with E-state index in [0.717, 1.165) is 37.1 Å². The molecule has 3 rings (SSSR count). The zero-order valence-corrected chi connectivity index (χ0v) is 9.17. The molecule has 0 heterocycles. The molecule has 3 fully saturated rings. The second-order valence-corrected chi connectivity index (χ2v) is 5.70. The van der Waals surface area contributed by atoms with Crippen LogP contribution in [0.5, 0.6) is 0 Å². The Bertz CT molecular complexity index is 265. The van der Waals surface area contributed by atoms with Gasteiger partial charge < -0.3 is 11.1 Å². The van der Waals surface area contributed by atoms with Crippen LogP contribution < -0.4 is 11.1 Å². The quantitative estimate of drug-likeness (QED) is 0.709. The van der Waals surface area contributed by atoms with Gasteiger partial charge in [0.2, 0.25) is 5.91 Å². The van der Waals surface area contributed by atoms with Crippen molar-refractivity contribution in [3.8, 4) is 0 Å². The fraction of sp³-hybridized carbons (Fsp3) is 0.917. The Kier molecular flexibility index (Phi) is 2.06. The fourth-order valence-electron chi connectivity index (χ4n) is 2.52. The third-order valence-corrected chi connectivity index (χ3v) is 4.19. The van der Waals surface area contributed by atoms with Crippen molar-refractivity contribution in [3.05, 3.63) is 0 Å². The maximum Gasteiger partial charge on any atom is 0.240 e. The molecular weight excluding hydrogens is 188 g/mol. The first-order valence-corrected chi connectivity index (χ1v) is 6.26. The summed E-state index contributed by atoms with van der Waals surface area (Å²) in [6.07, 6.45) is 7.26. The molecule has 3 N–H and O–H groups in total. The van der Waals surface area contributed by atoms with E-state index in [1.54, 1.807) is 0 Å². The summed E-state index contributed by atoms with van der Waals surface area (Å²) in [6, 6.07) is 0. The molecule has 0 radical (unpaired) electrons. The number of nitrogens with two attached hydrogens (primary N) is 1. The molecule has 0 spiro atoms. The maximum absolute atomic E-state index is 11.7. The minimum Gasteiger partial charge on any atom is -0.354 e. The summed E-state index contributed by atoms with van der Waals surface area (Å²) in [5.41, 5.74) is 5.36. The number of hydrogen-bond donors (Lipinski definition) is 2. The van der Waals surface area contributed by atoms with E-state index >= 15 is 0 Å². The van der Waals surface area contributed by atoms with E-state index in [2.05, 4.69) is 5.32 Å². The van der Waals surface area contributed by atoms with Gasteiger partial charge in [0.05, 0.1) is 5.54 Å². The van der Waals surface area contributed by atoms with Gasteiger partial charge in [-0.2, -0.15) is 0 Å². The number of amides is 1. The predicted octanol–water partition coefficient (Wildman–Crippen LogP) is 1.03. The van der Waals surface area contributed by atoms with Gasteiger partial charge in [-0.05, 0) is 56.3 Å². The summed E-state index contributed by atoms with van der Waals surface area (Å²) in [5, 5.41) is 3.06. The van der Waals surface area contributed by atoms with Crippen LogP contribution in [0.25, 0.3) is 0 Å². The Balaban J connectivity index is 1.49. The molecule has 0 saturated heterocycles. The number of hydrogen-bond acceptors (Lipinski definition) is 2.